The highest BCUT2D eigenvalue weighted by Crippen LogP contribution is 2.14. The van der Waals surface area contributed by atoms with Crippen molar-refractivity contribution in [1.82, 2.24) is 5.32 Å². The predicted octanol–water partition coefficient (Wildman–Crippen LogP) is 4.46. The molecule has 0 radical (unpaired) electrons. The van der Waals surface area contributed by atoms with Crippen molar-refractivity contribution < 1.29 is 8.78 Å². The lowest BCUT2D eigenvalue weighted by atomic mass is 10.00. The molecule has 1 aromatic rings. The lowest BCUT2D eigenvalue weighted by Crippen LogP contribution is -2.31. The predicted molar refractivity (Wildman–Crippen MR) is 76.3 cm³/mol. The first kappa shape index (κ1) is 16.1. The van der Waals surface area contributed by atoms with Crippen molar-refractivity contribution in [2.45, 2.75) is 58.4 Å². The van der Waals surface area contributed by atoms with Crippen molar-refractivity contribution in [1.29, 1.82) is 0 Å². The highest BCUT2D eigenvalue weighted by Gasteiger charge is 2.10. The van der Waals surface area contributed by atoms with E-state index in [0.29, 0.717) is 6.04 Å². The summed E-state index contributed by atoms with van der Waals surface area (Å²) in [4.78, 5) is 0. The van der Waals surface area contributed by atoms with Crippen LogP contribution < -0.4 is 5.32 Å². The van der Waals surface area contributed by atoms with Crippen LogP contribution in [0.4, 0.5) is 8.78 Å². The third kappa shape index (κ3) is 6.15. The van der Waals surface area contributed by atoms with E-state index >= 15 is 0 Å². The second-order valence-electron chi connectivity index (χ2n) is 5.06. The summed E-state index contributed by atoms with van der Waals surface area (Å²) in [6.45, 7) is 5.18. The van der Waals surface area contributed by atoms with Gasteiger partial charge in [0.05, 0.1) is 0 Å². The summed E-state index contributed by atoms with van der Waals surface area (Å²) < 4.78 is 26.1. The van der Waals surface area contributed by atoms with Gasteiger partial charge in [0.25, 0.3) is 0 Å². The van der Waals surface area contributed by atoms with Gasteiger partial charge in [-0.25, -0.2) is 8.78 Å². The van der Waals surface area contributed by atoms with Gasteiger partial charge in [-0.1, -0.05) is 45.6 Å². The lowest BCUT2D eigenvalue weighted by Gasteiger charge is -2.18. The Bertz CT molecular complexity index is 366. The van der Waals surface area contributed by atoms with Crippen LogP contribution in [0.1, 0.15) is 51.5 Å². The number of rotatable bonds is 9. The van der Waals surface area contributed by atoms with Crippen molar-refractivity contribution in [3.63, 3.8) is 0 Å². The maximum absolute atomic E-state index is 13.2. The van der Waals surface area contributed by atoms with Gasteiger partial charge in [-0.05, 0) is 37.1 Å². The summed E-state index contributed by atoms with van der Waals surface area (Å²) in [5.41, 5.74) is 0.861. The molecule has 19 heavy (non-hydrogen) atoms. The highest BCUT2D eigenvalue weighted by atomic mass is 19.2. The van der Waals surface area contributed by atoms with E-state index < -0.39 is 11.6 Å². The van der Waals surface area contributed by atoms with E-state index in [1.165, 1.54) is 37.8 Å². The van der Waals surface area contributed by atoms with Crippen molar-refractivity contribution >= 4 is 0 Å². The second-order valence-corrected chi connectivity index (χ2v) is 5.06. The summed E-state index contributed by atoms with van der Waals surface area (Å²) in [5.74, 6) is -1.52. The normalized spacial score (nSPS) is 12.6. The minimum atomic E-state index is -0.772. The molecule has 0 aromatic heterocycles. The average molecular weight is 269 g/mol. The standard InChI is InChI=1S/C16H25F2N/c1-3-5-6-7-8-14(19-4-2)11-13-9-10-15(17)16(18)12-13/h9-10,12,14,19H,3-8,11H2,1-2H3. The van der Waals surface area contributed by atoms with Crippen LogP contribution >= 0.6 is 0 Å². The van der Waals surface area contributed by atoms with E-state index in [-0.39, 0.29) is 0 Å². The Kier molecular flexibility index (Phi) is 7.65. The molecular formula is C16H25F2N. The fraction of sp³-hybridized carbons (Fsp3) is 0.625. The maximum atomic E-state index is 13.2. The average Bonchev–Trinajstić information content (AvgIpc) is 2.39. The van der Waals surface area contributed by atoms with Crippen LogP contribution in [0.2, 0.25) is 0 Å². The van der Waals surface area contributed by atoms with Gasteiger partial charge in [-0.3, -0.25) is 0 Å². The number of halogens is 2. The van der Waals surface area contributed by atoms with E-state index in [4.69, 9.17) is 0 Å². The van der Waals surface area contributed by atoms with Crippen LogP contribution in [0, 0.1) is 11.6 Å². The molecule has 0 aliphatic carbocycles. The van der Waals surface area contributed by atoms with Gasteiger partial charge < -0.3 is 5.32 Å². The molecule has 1 unspecified atom stereocenters. The minimum Gasteiger partial charge on any atom is -0.314 e. The smallest absolute Gasteiger partial charge is 0.159 e. The number of hydrogen-bond acceptors (Lipinski definition) is 1. The molecule has 0 spiro atoms. The molecule has 0 heterocycles. The molecule has 0 saturated heterocycles. The Labute approximate surface area is 115 Å². The molecule has 1 rings (SSSR count). The topological polar surface area (TPSA) is 12.0 Å². The van der Waals surface area contributed by atoms with Gasteiger partial charge in [-0.2, -0.15) is 0 Å². The molecule has 0 fully saturated rings. The van der Waals surface area contributed by atoms with Gasteiger partial charge in [0.1, 0.15) is 0 Å². The molecule has 0 saturated carbocycles. The molecule has 108 valence electrons. The number of likely N-dealkylation sites (N-methyl/N-ethyl adjacent to an activating group) is 1. The maximum Gasteiger partial charge on any atom is 0.159 e. The Balaban J connectivity index is 2.49. The number of nitrogens with one attached hydrogen (secondary N) is 1. The van der Waals surface area contributed by atoms with Crippen LogP contribution in [-0.4, -0.2) is 12.6 Å². The van der Waals surface area contributed by atoms with Crippen LogP contribution in [0.25, 0.3) is 0 Å². The molecule has 0 amide bonds. The van der Waals surface area contributed by atoms with E-state index in [1.54, 1.807) is 6.07 Å². The second kappa shape index (κ2) is 9.03. The fourth-order valence-corrected chi connectivity index (χ4v) is 2.33. The van der Waals surface area contributed by atoms with E-state index in [1.807, 2.05) is 0 Å². The lowest BCUT2D eigenvalue weighted by molar-refractivity contribution is 0.460. The first-order valence-electron chi connectivity index (χ1n) is 7.34. The van der Waals surface area contributed by atoms with Gasteiger partial charge in [0.2, 0.25) is 0 Å². The quantitative estimate of drug-likeness (QED) is 0.653. The zero-order valence-corrected chi connectivity index (χ0v) is 12.0. The Hall–Kier alpha value is -0.960. The first-order valence-corrected chi connectivity index (χ1v) is 7.34. The Morgan fingerprint density at radius 3 is 2.47 bits per heavy atom. The number of unbranched alkanes of at least 4 members (excludes halogenated alkanes) is 3. The molecule has 0 bridgehead atoms. The van der Waals surface area contributed by atoms with Crippen LogP contribution in [-0.2, 0) is 6.42 Å². The molecule has 1 aromatic carbocycles. The SMILES string of the molecule is CCCCCCC(Cc1ccc(F)c(F)c1)NCC. The van der Waals surface area contributed by atoms with Crippen LogP contribution in [0.3, 0.4) is 0 Å². The summed E-state index contributed by atoms with van der Waals surface area (Å²) in [7, 11) is 0. The molecule has 0 aliphatic heterocycles. The molecule has 0 aliphatic rings. The first-order chi connectivity index (χ1) is 9.17. The summed E-state index contributed by atoms with van der Waals surface area (Å²) >= 11 is 0. The molecular weight excluding hydrogens is 244 g/mol. The molecule has 1 nitrogen and oxygen atoms in total. The third-order valence-electron chi connectivity index (χ3n) is 3.37. The zero-order valence-electron chi connectivity index (χ0n) is 12.0. The molecule has 3 heteroatoms. The minimum absolute atomic E-state index is 0.353. The Morgan fingerprint density at radius 2 is 1.84 bits per heavy atom. The van der Waals surface area contributed by atoms with Crippen LogP contribution in [0.5, 0.6) is 0 Å². The van der Waals surface area contributed by atoms with E-state index in [2.05, 4.69) is 19.2 Å². The van der Waals surface area contributed by atoms with Gasteiger partial charge in [0, 0.05) is 6.04 Å². The van der Waals surface area contributed by atoms with Gasteiger partial charge in [-0.15, -0.1) is 0 Å². The van der Waals surface area contributed by atoms with Crippen molar-refractivity contribution in [3.05, 3.63) is 35.4 Å². The van der Waals surface area contributed by atoms with Crippen LogP contribution in [0.15, 0.2) is 18.2 Å². The van der Waals surface area contributed by atoms with Crippen molar-refractivity contribution in [2.24, 2.45) is 0 Å². The zero-order chi connectivity index (χ0) is 14.1. The van der Waals surface area contributed by atoms with Crippen molar-refractivity contribution in [2.75, 3.05) is 6.54 Å². The number of benzene rings is 1. The van der Waals surface area contributed by atoms with Gasteiger partial charge in [0.15, 0.2) is 11.6 Å². The van der Waals surface area contributed by atoms with Crippen molar-refractivity contribution in [3.8, 4) is 0 Å². The van der Waals surface area contributed by atoms with Gasteiger partial charge >= 0.3 is 0 Å². The summed E-state index contributed by atoms with van der Waals surface area (Å²) in [6, 6.07) is 4.55. The monoisotopic (exact) mass is 269 g/mol. The number of hydrogen-bond donors (Lipinski definition) is 1. The van der Waals surface area contributed by atoms with E-state index in [0.717, 1.165) is 24.9 Å². The summed E-state index contributed by atoms with van der Waals surface area (Å²) in [6.07, 6.45) is 6.79. The molecule has 1 atom stereocenters. The van der Waals surface area contributed by atoms with E-state index in [9.17, 15) is 8.78 Å². The largest absolute Gasteiger partial charge is 0.314 e. The Morgan fingerprint density at radius 1 is 1.05 bits per heavy atom. The third-order valence-corrected chi connectivity index (χ3v) is 3.37. The fourth-order valence-electron chi connectivity index (χ4n) is 2.33. The molecule has 1 N–H and O–H groups in total. The highest BCUT2D eigenvalue weighted by molar-refractivity contribution is 5.18. The summed E-state index contributed by atoms with van der Waals surface area (Å²) in [5, 5.41) is 3.43.